The van der Waals surface area contributed by atoms with E-state index in [1.807, 2.05) is 0 Å². The summed E-state index contributed by atoms with van der Waals surface area (Å²) in [5.41, 5.74) is -0.298. The first-order valence-electron chi connectivity index (χ1n) is 8.53. The van der Waals surface area contributed by atoms with Gasteiger partial charge in [-0.05, 0) is 18.6 Å². The third-order valence-corrected chi connectivity index (χ3v) is 4.14. The fraction of sp³-hybridized carbons (Fsp3) is 0.333. The fourth-order valence-corrected chi connectivity index (χ4v) is 2.74. The van der Waals surface area contributed by atoms with E-state index in [1.165, 1.54) is 36.1 Å². The van der Waals surface area contributed by atoms with E-state index >= 15 is 0 Å². The number of imidazole rings is 1. The first-order chi connectivity index (χ1) is 13.4. The predicted molar refractivity (Wildman–Crippen MR) is 97.7 cm³/mol. The van der Waals surface area contributed by atoms with Crippen molar-refractivity contribution in [3.05, 3.63) is 57.2 Å². The molecule has 148 valence electrons. The molecule has 2 heterocycles. The molecule has 0 unspecified atom stereocenters. The largest absolute Gasteiger partial charge is 0.482 e. The summed E-state index contributed by atoms with van der Waals surface area (Å²) in [6.45, 7) is -0.277. The normalized spacial score (nSPS) is 11.0. The van der Waals surface area contributed by atoms with E-state index in [0.717, 1.165) is 10.6 Å². The number of fused-ring (bicyclic) bond motifs is 1. The Labute approximate surface area is 158 Å². The molecule has 0 spiro atoms. The summed E-state index contributed by atoms with van der Waals surface area (Å²) < 4.78 is 27.1. The Kier molecular flexibility index (Phi) is 5.57. The molecule has 0 aliphatic carbocycles. The van der Waals surface area contributed by atoms with Crippen molar-refractivity contribution in [1.29, 1.82) is 0 Å². The zero-order valence-corrected chi connectivity index (χ0v) is 15.4. The van der Waals surface area contributed by atoms with Crippen LogP contribution in [0.5, 0.6) is 5.75 Å². The standard InChI is InChI=1S/C18H19FN4O5/c1-21-11-20-16-15(21)17(25)23(18(26)22(16)2)7-4-8-27-14(24)10-28-13-6-3-5-12(19)9-13/h3,5-6,9,11H,4,7-8,10H2,1-2H3. The van der Waals surface area contributed by atoms with E-state index in [9.17, 15) is 18.8 Å². The summed E-state index contributed by atoms with van der Waals surface area (Å²) in [6.07, 6.45) is 1.74. The van der Waals surface area contributed by atoms with E-state index in [4.69, 9.17) is 9.47 Å². The maximum absolute atomic E-state index is 13.0. The van der Waals surface area contributed by atoms with Gasteiger partial charge in [0.15, 0.2) is 17.8 Å². The summed E-state index contributed by atoms with van der Waals surface area (Å²) in [5, 5.41) is 0. The van der Waals surface area contributed by atoms with Crippen molar-refractivity contribution < 1.29 is 18.7 Å². The quantitative estimate of drug-likeness (QED) is 0.433. The van der Waals surface area contributed by atoms with Gasteiger partial charge in [0.05, 0.1) is 12.9 Å². The molecule has 3 aromatic rings. The van der Waals surface area contributed by atoms with Gasteiger partial charge in [-0.15, -0.1) is 0 Å². The maximum atomic E-state index is 13.0. The Morgan fingerprint density at radius 2 is 2.04 bits per heavy atom. The Morgan fingerprint density at radius 3 is 2.79 bits per heavy atom. The summed E-state index contributed by atoms with van der Waals surface area (Å²) in [6, 6.07) is 5.41. The summed E-state index contributed by atoms with van der Waals surface area (Å²) in [5.74, 6) is -0.883. The molecule has 0 fully saturated rings. The van der Waals surface area contributed by atoms with Gasteiger partial charge in [-0.1, -0.05) is 6.07 Å². The van der Waals surface area contributed by atoms with Crippen LogP contribution in [-0.2, 0) is 30.2 Å². The van der Waals surface area contributed by atoms with Gasteiger partial charge in [0.25, 0.3) is 5.56 Å². The Bertz CT molecular complexity index is 1130. The van der Waals surface area contributed by atoms with Gasteiger partial charge in [0, 0.05) is 26.7 Å². The van der Waals surface area contributed by atoms with Gasteiger partial charge in [-0.2, -0.15) is 0 Å². The van der Waals surface area contributed by atoms with Gasteiger partial charge in [0.2, 0.25) is 0 Å². The number of aryl methyl sites for hydroxylation is 2. The second kappa shape index (κ2) is 8.07. The highest BCUT2D eigenvalue weighted by atomic mass is 19.1. The van der Waals surface area contributed by atoms with Crippen molar-refractivity contribution in [2.75, 3.05) is 13.2 Å². The molecule has 2 aromatic heterocycles. The minimum Gasteiger partial charge on any atom is -0.482 e. The van der Waals surface area contributed by atoms with Gasteiger partial charge in [-0.25, -0.2) is 19.0 Å². The minimum absolute atomic E-state index is 0.00433. The first-order valence-corrected chi connectivity index (χ1v) is 8.53. The first kappa shape index (κ1) is 19.3. The lowest BCUT2D eigenvalue weighted by molar-refractivity contribution is -0.146. The van der Waals surface area contributed by atoms with Crippen LogP contribution in [0.15, 0.2) is 40.2 Å². The smallest absolute Gasteiger partial charge is 0.344 e. The van der Waals surface area contributed by atoms with Crippen LogP contribution in [-0.4, -0.2) is 37.9 Å². The van der Waals surface area contributed by atoms with Gasteiger partial charge < -0.3 is 14.0 Å². The van der Waals surface area contributed by atoms with Crippen LogP contribution in [0.25, 0.3) is 11.2 Å². The number of carbonyl (C=O) groups excluding carboxylic acids is 1. The van der Waals surface area contributed by atoms with Crippen LogP contribution in [0, 0.1) is 5.82 Å². The van der Waals surface area contributed by atoms with Crippen LogP contribution >= 0.6 is 0 Å². The molecule has 28 heavy (non-hydrogen) atoms. The number of hydrogen-bond acceptors (Lipinski definition) is 6. The molecule has 9 nitrogen and oxygen atoms in total. The van der Waals surface area contributed by atoms with Crippen molar-refractivity contribution >= 4 is 17.1 Å². The Morgan fingerprint density at radius 1 is 1.25 bits per heavy atom. The number of esters is 1. The van der Waals surface area contributed by atoms with Crippen molar-refractivity contribution in [2.45, 2.75) is 13.0 Å². The Balaban J connectivity index is 1.55. The van der Waals surface area contributed by atoms with E-state index in [0.29, 0.717) is 11.2 Å². The zero-order chi connectivity index (χ0) is 20.3. The topological polar surface area (TPSA) is 97.4 Å². The molecule has 0 saturated carbocycles. The number of benzene rings is 1. The predicted octanol–water partition coefficient (Wildman–Crippen LogP) is 0.585. The number of rotatable bonds is 7. The fourth-order valence-electron chi connectivity index (χ4n) is 2.74. The number of ether oxygens (including phenoxy) is 2. The number of carbonyl (C=O) groups is 1. The number of halogens is 1. The summed E-state index contributed by atoms with van der Waals surface area (Å²) >= 11 is 0. The van der Waals surface area contributed by atoms with Crippen LogP contribution in [0.1, 0.15) is 6.42 Å². The molecule has 0 bridgehead atoms. The molecule has 0 atom stereocenters. The molecule has 0 amide bonds. The molecule has 0 aliphatic rings. The highest BCUT2D eigenvalue weighted by Gasteiger charge is 2.14. The van der Waals surface area contributed by atoms with Crippen LogP contribution in [0.4, 0.5) is 4.39 Å². The lowest BCUT2D eigenvalue weighted by Crippen LogP contribution is -2.39. The van der Waals surface area contributed by atoms with E-state index in [1.54, 1.807) is 11.6 Å². The lowest BCUT2D eigenvalue weighted by atomic mass is 10.3. The van der Waals surface area contributed by atoms with Crippen LogP contribution in [0.3, 0.4) is 0 Å². The van der Waals surface area contributed by atoms with Crippen molar-refractivity contribution in [3.63, 3.8) is 0 Å². The highest BCUT2D eigenvalue weighted by molar-refractivity contribution is 5.71. The molecule has 3 rings (SSSR count). The number of nitrogens with zero attached hydrogens (tertiary/aromatic N) is 4. The molecule has 1 aromatic carbocycles. The molecule has 0 radical (unpaired) electrons. The van der Waals surface area contributed by atoms with Crippen LogP contribution in [0.2, 0.25) is 0 Å². The van der Waals surface area contributed by atoms with E-state index in [2.05, 4.69) is 4.98 Å². The molecular weight excluding hydrogens is 371 g/mol. The molecule has 0 aliphatic heterocycles. The second-order valence-electron chi connectivity index (χ2n) is 6.15. The van der Waals surface area contributed by atoms with Gasteiger partial charge in [-0.3, -0.25) is 13.9 Å². The Hall–Kier alpha value is -3.43. The molecule has 0 N–H and O–H groups in total. The van der Waals surface area contributed by atoms with E-state index < -0.39 is 23.0 Å². The maximum Gasteiger partial charge on any atom is 0.344 e. The van der Waals surface area contributed by atoms with Crippen molar-refractivity contribution in [3.8, 4) is 5.75 Å². The molecular formula is C18H19FN4O5. The van der Waals surface area contributed by atoms with E-state index in [-0.39, 0.29) is 31.9 Å². The van der Waals surface area contributed by atoms with Gasteiger partial charge >= 0.3 is 11.7 Å². The molecule has 10 heteroatoms. The summed E-state index contributed by atoms with van der Waals surface area (Å²) in [7, 11) is 3.21. The zero-order valence-electron chi connectivity index (χ0n) is 15.4. The summed E-state index contributed by atoms with van der Waals surface area (Å²) in [4.78, 5) is 40.6. The van der Waals surface area contributed by atoms with Crippen molar-refractivity contribution in [1.82, 2.24) is 18.7 Å². The average molecular weight is 390 g/mol. The number of hydrogen-bond donors (Lipinski definition) is 0. The van der Waals surface area contributed by atoms with Crippen molar-refractivity contribution in [2.24, 2.45) is 14.1 Å². The van der Waals surface area contributed by atoms with Gasteiger partial charge in [0.1, 0.15) is 11.6 Å². The second-order valence-corrected chi connectivity index (χ2v) is 6.15. The average Bonchev–Trinajstić information content (AvgIpc) is 3.06. The monoisotopic (exact) mass is 390 g/mol. The SMILES string of the molecule is Cn1cnc2c1c(=O)n(CCCOC(=O)COc1cccc(F)c1)c(=O)n2C. The lowest BCUT2D eigenvalue weighted by Gasteiger charge is -2.09. The minimum atomic E-state index is -0.633. The third kappa shape index (κ3) is 3.95. The third-order valence-electron chi connectivity index (χ3n) is 4.14. The number of aromatic nitrogens is 4. The highest BCUT2D eigenvalue weighted by Crippen LogP contribution is 2.11. The van der Waals surface area contributed by atoms with Crippen LogP contribution < -0.4 is 16.0 Å². The molecule has 0 saturated heterocycles.